The minimum atomic E-state index is -1.70. The van der Waals surface area contributed by atoms with Gasteiger partial charge < -0.3 is 15.4 Å². The third kappa shape index (κ3) is 4.43. The molecule has 0 saturated carbocycles. The van der Waals surface area contributed by atoms with E-state index in [2.05, 4.69) is 5.32 Å². The topological polar surface area (TPSA) is 89.9 Å². The van der Waals surface area contributed by atoms with E-state index < -0.39 is 19.1 Å². The normalized spacial score (nSPS) is 17.5. The lowest BCUT2D eigenvalue weighted by Gasteiger charge is -2.27. The molecule has 0 spiro atoms. The summed E-state index contributed by atoms with van der Waals surface area (Å²) in [7, 11) is -1.70. The van der Waals surface area contributed by atoms with Crippen LogP contribution in [0.4, 0.5) is 5.69 Å². The molecule has 2 aromatic carbocycles. The van der Waals surface area contributed by atoms with E-state index in [1.165, 1.54) is 4.90 Å². The second kappa shape index (κ2) is 8.58. The van der Waals surface area contributed by atoms with Crippen LogP contribution >= 0.6 is 0 Å². The number of nitrogens with one attached hydrogen (secondary N) is 1. The van der Waals surface area contributed by atoms with E-state index in [-0.39, 0.29) is 18.2 Å². The molecule has 3 N–H and O–H groups in total. The molecule has 6 nitrogen and oxygen atoms in total. The Hall–Kier alpha value is -2.64. The van der Waals surface area contributed by atoms with Crippen molar-refractivity contribution in [1.82, 2.24) is 5.32 Å². The van der Waals surface area contributed by atoms with Crippen LogP contribution in [0.25, 0.3) is 0 Å². The largest absolute Gasteiger partial charge is 0.475 e. The highest BCUT2D eigenvalue weighted by Crippen LogP contribution is 2.26. The highest BCUT2D eigenvalue weighted by atomic mass is 16.4. The maximum Gasteiger partial charge on any atom is 0.475 e. The molecule has 0 aromatic heterocycles. The zero-order valence-corrected chi connectivity index (χ0v) is 16.1. The fourth-order valence-electron chi connectivity index (χ4n) is 3.67. The Labute approximate surface area is 165 Å². The zero-order valence-electron chi connectivity index (χ0n) is 16.1. The van der Waals surface area contributed by atoms with E-state index in [0.29, 0.717) is 18.5 Å². The Kier molecular flexibility index (Phi) is 6.16. The first kappa shape index (κ1) is 20.1. The Morgan fingerprint density at radius 3 is 2.57 bits per heavy atom. The first-order chi connectivity index (χ1) is 13.4. The van der Waals surface area contributed by atoms with Crippen LogP contribution in [0.2, 0.25) is 0 Å². The van der Waals surface area contributed by atoms with E-state index >= 15 is 0 Å². The second-order valence-corrected chi connectivity index (χ2v) is 7.32. The fourth-order valence-corrected chi connectivity index (χ4v) is 3.67. The van der Waals surface area contributed by atoms with Gasteiger partial charge in [-0.2, -0.15) is 0 Å². The smallest absolute Gasteiger partial charge is 0.426 e. The van der Waals surface area contributed by atoms with Gasteiger partial charge in [0.05, 0.1) is 5.94 Å². The molecular weight excluding hydrogens is 355 g/mol. The maximum absolute atomic E-state index is 12.9. The first-order valence-electron chi connectivity index (χ1n) is 9.46. The summed E-state index contributed by atoms with van der Waals surface area (Å²) < 4.78 is 0. The molecule has 2 unspecified atom stereocenters. The van der Waals surface area contributed by atoms with Crippen LogP contribution in [0.15, 0.2) is 48.5 Å². The quantitative estimate of drug-likeness (QED) is 0.664. The van der Waals surface area contributed by atoms with Gasteiger partial charge in [-0.1, -0.05) is 42.0 Å². The third-order valence-corrected chi connectivity index (χ3v) is 5.17. The van der Waals surface area contributed by atoms with Gasteiger partial charge in [0.15, 0.2) is 0 Å². The van der Waals surface area contributed by atoms with E-state index in [9.17, 15) is 19.6 Å². The van der Waals surface area contributed by atoms with Crippen LogP contribution in [0.1, 0.15) is 29.5 Å². The van der Waals surface area contributed by atoms with Crippen molar-refractivity contribution in [2.75, 3.05) is 4.90 Å². The summed E-state index contributed by atoms with van der Waals surface area (Å²) in [5, 5.41) is 22.3. The van der Waals surface area contributed by atoms with E-state index in [1.807, 2.05) is 50.2 Å². The molecule has 1 fully saturated rings. The number of carbonyl (C=O) groups is 2. The van der Waals surface area contributed by atoms with Gasteiger partial charge in [0.25, 0.3) is 0 Å². The minimum absolute atomic E-state index is 0.109. The monoisotopic (exact) mass is 380 g/mol. The molecule has 0 radical (unpaired) electrons. The summed E-state index contributed by atoms with van der Waals surface area (Å²) in [4.78, 5) is 26.7. The summed E-state index contributed by atoms with van der Waals surface area (Å²) in [6, 6.07) is 14.3. The molecule has 1 saturated heterocycles. The van der Waals surface area contributed by atoms with Crippen LogP contribution in [0.5, 0.6) is 0 Å². The molecule has 7 heteroatoms. The summed E-state index contributed by atoms with van der Waals surface area (Å²) in [5.74, 6) is -1.35. The average Bonchev–Trinajstić information content (AvgIpc) is 3.05. The number of hydrogen-bond acceptors (Lipinski definition) is 4. The predicted molar refractivity (Wildman–Crippen MR) is 109 cm³/mol. The third-order valence-electron chi connectivity index (χ3n) is 5.17. The highest BCUT2D eigenvalue weighted by Gasteiger charge is 2.39. The van der Waals surface area contributed by atoms with Gasteiger partial charge in [-0.05, 0) is 49.9 Å². The SMILES string of the molecule is Cc1ccc(CC(NC(=O)C2CCC(=O)N2c2ccccc2)B(O)O)c(C)c1. The molecular formula is C21H25BN2O4. The number of rotatable bonds is 6. The van der Waals surface area contributed by atoms with Gasteiger partial charge in [0.2, 0.25) is 11.8 Å². The Balaban J connectivity index is 1.75. The van der Waals surface area contributed by atoms with Crippen LogP contribution in [0.3, 0.4) is 0 Å². The Morgan fingerprint density at radius 1 is 1.21 bits per heavy atom. The number of carbonyl (C=O) groups excluding carboxylic acids is 2. The number of amides is 2. The van der Waals surface area contributed by atoms with Crippen LogP contribution in [0, 0.1) is 13.8 Å². The average molecular weight is 380 g/mol. The van der Waals surface area contributed by atoms with Gasteiger partial charge in [0, 0.05) is 12.1 Å². The van der Waals surface area contributed by atoms with Crippen LogP contribution < -0.4 is 10.2 Å². The lowest BCUT2D eigenvalue weighted by molar-refractivity contribution is -0.124. The van der Waals surface area contributed by atoms with Gasteiger partial charge in [-0.3, -0.25) is 14.5 Å². The van der Waals surface area contributed by atoms with E-state index in [1.54, 1.807) is 12.1 Å². The van der Waals surface area contributed by atoms with E-state index in [0.717, 1.165) is 16.7 Å². The minimum Gasteiger partial charge on any atom is -0.426 e. The molecule has 1 heterocycles. The summed E-state index contributed by atoms with van der Waals surface area (Å²) in [6.07, 6.45) is 0.981. The van der Waals surface area contributed by atoms with Crippen molar-refractivity contribution >= 4 is 24.6 Å². The Morgan fingerprint density at radius 2 is 1.93 bits per heavy atom. The second-order valence-electron chi connectivity index (χ2n) is 7.32. The predicted octanol–water partition coefficient (Wildman–Crippen LogP) is 1.54. The van der Waals surface area contributed by atoms with Gasteiger partial charge >= 0.3 is 7.12 Å². The van der Waals surface area contributed by atoms with Crippen molar-refractivity contribution in [1.29, 1.82) is 0 Å². The summed E-state index contributed by atoms with van der Waals surface area (Å²) >= 11 is 0. The van der Waals surface area contributed by atoms with Gasteiger partial charge in [-0.15, -0.1) is 0 Å². The van der Waals surface area contributed by atoms with Crippen molar-refractivity contribution in [2.24, 2.45) is 0 Å². The Bertz CT molecular complexity index is 857. The molecule has 0 aliphatic carbocycles. The molecule has 1 aliphatic rings. The number of nitrogens with zero attached hydrogens (tertiary/aromatic N) is 1. The highest BCUT2D eigenvalue weighted by molar-refractivity contribution is 6.43. The van der Waals surface area contributed by atoms with Gasteiger partial charge in [0.1, 0.15) is 6.04 Å². The van der Waals surface area contributed by atoms with Crippen molar-refractivity contribution in [2.45, 2.75) is 45.1 Å². The first-order valence-corrected chi connectivity index (χ1v) is 9.46. The maximum atomic E-state index is 12.9. The van der Waals surface area contributed by atoms with Crippen molar-refractivity contribution in [3.05, 3.63) is 65.2 Å². The molecule has 28 heavy (non-hydrogen) atoms. The van der Waals surface area contributed by atoms with Crippen molar-refractivity contribution < 1.29 is 19.6 Å². The molecule has 2 atom stereocenters. The number of hydrogen-bond donors (Lipinski definition) is 3. The number of benzene rings is 2. The zero-order chi connectivity index (χ0) is 20.3. The lowest BCUT2D eigenvalue weighted by Crippen LogP contribution is -2.54. The number of para-hydroxylation sites is 1. The molecule has 3 rings (SSSR count). The number of anilines is 1. The fraction of sp³-hybridized carbons (Fsp3) is 0.333. The van der Waals surface area contributed by atoms with E-state index in [4.69, 9.17) is 0 Å². The van der Waals surface area contributed by atoms with Crippen molar-refractivity contribution in [3.8, 4) is 0 Å². The van der Waals surface area contributed by atoms with Crippen LogP contribution in [-0.4, -0.2) is 41.0 Å². The van der Waals surface area contributed by atoms with Gasteiger partial charge in [-0.25, -0.2) is 0 Å². The number of aryl methyl sites for hydroxylation is 2. The van der Waals surface area contributed by atoms with Crippen molar-refractivity contribution in [3.63, 3.8) is 0 Å². The molecule has 0 bridgehead atoms. The standard InChI is InChI=1S/C21H25BN2O4/c1-14-8-9-16(15(2)12-14)13-19(22(27)28)23-21(26)18-10-11-20(25)24(18)17-6-4-3-5-7-17/h3-9,12,18-19,27-28H,10-11,13H2,1-2H3,(H,23,26). The molecule has 2 aromatic rings. The molecule has 2 amide bonds. The summed E-state index contributed by atoms with van der Waals surface area (Å²) in [5.41, 5.74) is 3.75. The summed E-state index contributed by atoms with van der Waals surface area (Å²) in [6.45, 7) is 3.95. The van der Waals surface area contributed by atoms with Crippen LogP contribution in [-0.2, 0) is 16.0 Å². The molecule has 1 aliphatic heterocycles. The lowest BCUT2D eigenvalue weighted by atomic mass is 9.75. The molecule has 146 valence electrons.